The van der Waals surface area contributed by atoms with Crippen molar-refractivity contribution >= 4 is 22.3 Å². The van der Waals surface area contributed by atoms with Crippen molar-refractivity contribution < 1.29 is 13.9 Å². The number of benzene rings is 1. The summed E-state index contributed by atoms with van der Waals surface area (Å²) in [7, 11) is 0. The first kappa shape index (κ1) is 23.7. The number of urea groups is 1. The molecule has 6 nitrogen and oxygen atoms in total. The quantitative estimate of drug-likeness (QED) is 0.420. The molecule has 2 amide bonds. The Bertz CT molecular complexity index is 1240. The van der Waals surface area contributed by atoms with E-state index in [2.05, 4.69) is 15.1 Å². The van der Waals surface area contributed by atoms with Crippen LogP contribution in [-0.2, 0) is 11.2 Å². The van der Waals surface area contributed by atoms with Gasteiger partial charge in [-0.1, -0.05) is 0 Å². The highest BCUT2D eigenvalue weighted by molar-refractivity contribution is 7.15. The molecule has 1 aliphatic heterocycles. The number of amides is 2. The number of hydrogen-bond acceptors (Lipinski definition) is 4. The van der Waals surface area contributed by atoms with Gasteiger partial charge in [0.25, 0.3) is 0 Å². The normalized spacial score (nSPS) is 30.3. The lowest BCUT2D eigenvalue weighted by molar-refractivity contribution is -0.0166. The maximum Gasteiger partial charge on any atom is 0.317 e. The Morgan fingerprint density at radius 1 is 1.16 bits per heavy atom. The van der Waals surface area contributed by atoms with Gasteiger partial charge in [-0.15, -0.1) is 11.3 Å². The SMILES string of the molecule is O=C(NC12CC3CC(CC(C3)C1)C2)N(CCc1csc2nc(-c3ccc(F)cc3)cn12)CC1CCCO1. The molecule has 1 atom stereocenters. The van der Waals surface area contributed by atoms with Crippen LogP contribution < -0.4 is 5.32 Å². The average molecular weight is 523 g/mol. The maximum atomic E-state index is 13.8. The molecule has 1 saturated heterocycles. The lowest BCUT2D eigenvalue weighted by Gasteiger charge is -2.57. The number of hydrogen-bond donors (Lipinski definition) is 1. The topological polar surface area (TPSA) is 58.9 Å². The third-order valence-corrected chi connectivity index (χ3v) is 10.1. The minimum atomic E-state index is -0.247. The molecule has 4 bridgehead atoms. The summed E-state index contributed by atoms with van der Waals surface area (Å²) in [5.41, 5.74) is 2.88. The molecule has 2 aromatic heterocycles. The second-order valence-electron chi connectivity index (χ2n) is 12.0. The summed E-state index contributed by atoms with van der Waals surface area (Å²) >= 11 is 1.60. The number of imidazole rings is 1. The zero-order valence-corrected chi connectivity index (χ0v) is 22.0. The Hall–Kier alpha value is -2.45. The summed E-state index contributed by atoms with van der Waals surface area (Å²) in [6.07, 6.45) is 12.6. The number of nitrogens with one attached hydrogen (secondary N) is 1. The highest BCUT2D eigenvalue weighted by Crippen LogP contribution is 2.55. The Kier molecular flexibility index (Phi) is 6.00. The van der Waals surface area contributed by atoms with E-state index in [-0.39, 0.29) is 23.5 Å². The molecule has 3 heterocycles. The fourth-order valence-corrected chi connectivity index (χ4v) is 8.81. The van der Waals surface area contributed by atoms with Crippen LogP contribution in [0.1, 0.15) is 57.1 Å². The minimum absolute atomic E-state index is 0.00463. The van der Waals surface area contributed by atoms with Crippen LogP contribution in [-0.4, -0.2) is 51.7 Å². The summed E-state index contributed by atoms with van der Waals surface area (Å²) in [6, 6.07) is 6.55. The zero-order chi connectivity index (χ0) is 25.0. The molecule has 5 fully saturated rings. The third kappa shape index (κ3) is 4.67. The summed E-state index contributed by atoms with van der Waals surface area (Å²) in [4.78, 5) is 21.4. The van der Waals surface area contributed by atoms with Crippen molar-refractivity contribution in [3.8, 4) is 11.3 Å². The summed E-state index contributed by atoms with van der Waals surface area (Å²) in [6.45, 7) is 2.09. The first-order valence-corrected chi connectivity index (χ1v) is 14.8. The number of thiazole rings is 1. The van der Waals surface area contributed by atoms with Crippen molar-refractivity contribution in [2.45, 2.75) is 69.4 Å². The molecule has 0 spiro atoms. The van der Waals surface area contributed by atoms with Crippen LogP contribution in [0.3, 0.4) is 0 Å². The van der Waals surface area contributed by atoms with E-state index >= 15 is 0 Å². The Labute approximate surface area is 221 Å². The lowest BCUT2D eigenvalue weighted by atomic mass is 9.53. The number of fused-ring (bicyclic) bond motifs is 1. The van der Waals surface area contributed by atoms with Crippen LogP contribution >= 0.6 is 11.3 Å². The van der Waals surface area contributed by atoms with Gasteiger partial charge in [-0.3, -0.25) is 4.40 Å². The fraction of sp³-hybridized carbons (Fsp3) is 0.586. The largest absolute Gasteiger partial charge is 0.376 e. The van der Waals surface area contributed by atoms with Gasteiger partial charge in [0.2, 0.25) is 0 Å². The fourth-order valence-electron chi connectivity index (χ4n) is 7.90. The molecule has 4 saturated carbocycles. The van der Waals surface area contributed by atoms with Crippen molar-refractivity contribution in [3.63, 3.8) is 0 Å². The van der Waals surface area contributed by atoms with Gasteiger partial charge >= 0.3 is 6.03 Å². The predicted molar refractivity (Wildman–Crippen MR) is 142 cm³/mol. The standard InChI is InChI=1S/C29H35FN4O2S/c30-23-5-3-22(4-6-23)26-17-34-24(18-37-28(34)31-26)7-8-33(16-25-2-1-9-36-25)27(35)32-29-13-19-10-20(14-29)12-21(11-19)15-29/h3-6,17-21,25H,1-2,7-16H2,(H,32,35). The Balaban J connectivity index is 1.08. The molecule has 3 aromatic rings. The number of rotatable bonds is 7. The van der Waals surface area contributed by atoms with E-state index in [1.54, 1.807) is 23.5 Å². The lowest BCUT2D eigenvalue weighted by Crippen LogP contribution is -2.62. The molecule has 8 heteroatoms. The second kappa shape index (κ2) is 9.38. The van der Waals surface area contributed by atoms with Gasteiger partial charge in [0, 0.05) is 54.5 Å². The van der Waals surface area contributed by atoms with Crippen LogP contribution in [0.4, 0.5) is 9.18 Å². The van der Waals surface area contributed by atoms with Crippen LogP contribution in [0, 0.1) is 23.6 Å². The van der Waals surface area contributed by atoms with Crippen molar-refractivity contribution in [1.29, 1.82) is 0 Å². The van der Waals surface area contributed by atoms with Gasteiger partial charge in [0.1, 0.15) is 5.82 Å². The number of ether oxygens (including phenoxy) is 1. The van der Waals surface area contributed by atoms with E-state index in [0.29, 0.717) is 13.1 Å². The smallest absolute Gasteiger partial charge is 0.317 e. The summed E-state index contributed by atoms with van der Waals surface area (Å²) in [5, 5.41) is 5.72. The van der Waals surface area contributed by atoms with Crippen molar-refractivity contribution in [2.75, 3.05) is 19.7 Å². The van der Waals surface area contributed by atoms with E-state index in [9.17, 15) is 9.18 Å². The summed E-state index contributed by atoms with van der Waals surface area (Å²) in [5.74, 6) is 2.15. The van der Waals surface area contributed by atoms with Gasteiger partial charge in [-0.2, -0.15) is 0 Å². The second-order valence-corrected chi connectivity index (χ2v) is 12.8. The molecule has 0 radical (unpaired) electrons. The predicted octanol–water partition coefficient (Wildman–Crippen LogP) is 5.90. The number of halogens is 1. The van der Waals surface area contributed by atoms with Gasteiger partial charge in [0.15, 0.2) is 4.96 Å². The number of carbonyl (C=O) groups is 1. The number of carbonyl (C=O) groups excluding carboxylic acids is 1. The van der Waals surface area contributed by atoms with E-state index < -0.39 is 0 Å². The molecule has 8 rings (SSSR count). The first-order valence-electron chi connectivity index (χ1n) is 13.9. The Morgan fingerprint density at radius 2 is 1.89 bits per heavy atom. The van der Waals surface area contributed by atoms with E-state index in [1.165, 1.54) is 31.4 Å². The minimum Gasteiger partial charge on any atom is -0.376 e. The summed E-state index contributed by atoms with van der Waals surface area (Å²) < 4.78 is 21.4. The van der Waals surface area contributed by atoms with Crippen molar-refractivity contribution in [2.24, 2.45) is 17.8 Å². The third-order valence-electron chi connectivity index (χ3n) is 9.21. The van der Waals surface area contributed by atoms with E-state index in [0.717, 1.165) is 84.8 Å². The van der Waals surface area contributed by atoms with Gasteiger partial charge in [-0.25, -0.2) is 14.2 Å². The highest BCUT2D eigenvalue weighted by Gasteiger charge is 2.51. The van der Waals surface area contributed by atoms with Crippen LogP contribution in [0.5, 0.6) is 0 Å². The van der Waals surface area contributed by atoms with E-state index in [4.69, 9.17) is 9.72 Å². The molecule has 1 N–H and O–H groups in total. The molecule has 37 heavy (non-hydrogen) atoms. The van der Waals surface area contributed by atoms with Crippen LogP contribution in [0.25, 0.3) is 16.2 Å². The Morgan fingerprint density at radius 3 is 2.57 bits per heavy atom. The maximum absolute atomic E-state index is 13.8. The highest BCUT2D eigenvalue weighted by atomic mass is 32.1. The molecule has 5 aliphatic rings. The average Bonchev–Trinajstić information content (AvgIpc) is 3.59. The van der Waals surface area contributed by atoms with Crippen LogP contribution in [0.15, 0.2) is 35.8 Å². The van der Waals surface area contributed by atoms with Crippen LogP contribution in [0.2, 0.25) is 0 Å². The van der Waals surface area contributed by atoms with Crippen molar-refractivity contribution in [1.82, 2.24) is 19.6 Å². The molecule has 1 unspecified atom stereocenters. The molecule has 1 aromatic carbocycles. The number of nitrogens with zero attached hydrogens (tertiary/aromatic N) is 3. The molecular weight excluding hydrogens is 487 g/mol. The van der Waals surface area contributed by atoms with Crippen molar-refractivity contribution in [3.05, 3.63) is 47.4 Å². The van der Waals surface area contributed by atoms with E-state index in [1.807, 2.05) is 11.1 Å². The monoisotopic (exact) mass is 522 g/mol. The van der Waals surface area contributed by atoms with Gasteiger partial charge < -0.3 is 15.0 Å². The van der Waals surface area contributed by atoms with Gasteiger partial charge in [-0.05, 0) is 93.4 Å². The number of aromatic nitrogens is 2. The molecule has 196 valence electrons. The zero-order valence-electron chi connectivity index (χ0n) is 21.2. The molecular formula is C29H35FN4O2S. The first-order chi connectivity index (χ1) is 18.0. The van der Waals surface area contributed by atoms with Gasteiger partial charge in [0.05, 0.1) is 11.8 Å². The molecule has 4 aliphatic carbocycles.